The average Bonchev–Trinajstić information content (AvgIpc) is 3.06. The maximum atomic E-state index is 11.9. The highest BCUT2D eigenvalue weighted by Crippen LogP contribution is 2.28. The summed E-state index contributed by atoms with van der Waals surface area (Å²) < 4.78 is 17.5. The monoisotopic (exact) mass is 346 g/mol. The Bertz CT molecular complexity index is 727. The van der Waals surface area contributed by atoms with Crippen molar-refractivity contribution in [2.75, 3.05) is 13.7 Å². The van der Waals surface area contributed by atoms with Crippen LogP contribution in [0.4, 0.5) is 0 Å². The quantitative estimate of drug-likeness (QED) is 0.643. The van der Waals surface area contributed by atoms with Crippen LogP contribution in [0.25, 0.3) is 6.08 Å². The van der Waals surface area contributed by atoms with Crippen LogP contribution in [0.3, 0.4) is 0 Å². The molecule has 8 heteroatoms. The largest absolute Gasteiger partial charge is 0.493 e. The SMILES string of the molecule is C/C=C/c1ccc(OCC(=O)OCc2nnnn2CCC)c(OC)c1. The van der Waals surface area contributed by atoms with E-state index in [0.717, 1.165) is 12.0 Å². The van der Waals surface area contributed by atoms with Gasteiger partial charge in [0.1, 0.15) is 0 Å². The van der Waals surface area contributed by atoms with E-state index in [0.29, 0.717) is 23.9 Å². The van der Waals surface area contributed by atoms with E-state index in [1.807, 2.05) is 38.1 Å². The van der Waals surface area contributed by atoms with Crippen molar-refractivity contribution in [3.63, 3.8) is 0 Å². The number of nitrogens with zero attached hydrogens (tertiary/aromatic N) is 4. The summed E-state index contributed by atoms with van der Waals surface area (Å²) in [5.74, 6) is 1.02. The number of rotatable bonds is 9. The molecule has 1 heterocycles. The van der Waals surface area contributed by atoms with Crippen LogP contribution in [0, 0.1) is 0 Å². The zero-order chi connectivity index (χ0) is 18.1. The maximum Gasteiger partial charge on any atom is 0.344 e. The van der Waals surface area contributed by atoms with Gasteiger partial charge in [0.05, 0.1) is 7.11 Å². The van der Waals surface area contributed by atoms with Gasteiger partial charge in [-0.1, -0.05) is 25.1 Å². The van der Waals surface area contributed by atoms with Crippen molar-refractivity contribution in [3.05, 3.63) is 35.7 Å². The van der Waals surface area contributed by atoms with Crippen LogP contribution in [0.15, 0.2) is 24.3 Å². The highest BCUT2D eigenvalue weighted by Gasteiger charge is 2.12. The summed E-state index contributed by atoms with van der Waals surface area (Å²) in [5, 5.41) is 11.2. The normalized spacial score (nSPS) is 10.8. The molecule has 0 atom stereocenters. The second-order valence-electron chi connectivity index (χ2n) is 5.18. The van der Waals surface area contributed by atoms with Gasteiger partial charge in [-0.2, -0.15) is 0 Å². The van der Waals surface area contributed by atoms with Crippen molar-refractivity contribution in [1.29, 1.82) is 0 Å². The number of benzene rings is 1. The minimum Gasteiger partial charge on any atom is -0.493 e. The fourth-order valence-corrected chi connectivity index (χ4v) is 2.14. The van der Waals surface area contributed by atoms with E-state index < -0.39 is 5.97 Å². The fraction of sp³-hybridized carbons (Fsp3) is 0.412. The van der Waals surface area contributed by atoms with Gasteiger partial charge in [0.2, 0.25) is 0 Å². The van der Waals surface area contributed by atoms with Crippen LogP contribution in [-0.2, 0) is 22.7 Å². The average molecular weight is 346 g/mol. The van der Waals surface area contributed by atoms with E-state index in [9.17, 15) is 4.79 Å². The minimum absolute atomic E-state index is 0.00651. The molecule has 25 heavy (non-hydrogen) atoms. The molecular weight excluding hydrogens is 324 g/mol. The van der Waals surface area contributed by atoms with Gasteiger partial charge >= 0.3 is 5.97 Å². The van der Waals surface area contributed by atoms with Gasteiger partial charge in [0.25, 0.3) is 0 Å². The van der Waals surface area contributed by atoms with Crippen LogP contribution in [0.2, 0.25) is 0 Å². The fourth-order valence-electron chi connectivity index (χ4n) is 2.14. The molecule has 0 aliphatic carbocycles. The van der Waals surface area contributed by atoms with Crippen molar-refractivity contribution in [2.45, 2.75) is 33.4 Å². The van der Waals surface area contributed by atoms with Crippen LogP contribution >= 0.6 is 0 Å². The van der Waals surface area contributed by atoms with Crippen molar-refractivity contribution < 1.29 is 19.0 Å². The van der Waals surface area contributed by atoms with E-state index in [-0.39, 0.29) is 13.2 Å². The van der Waals surface area contributed by atoms with Crippen LogP contribution in [-0.4, -0.2) is 39.9 Å². The van der Waals surface area contributed by atoms with E-state index in [1.54, 1.807) is 17.9 Å². The molecule has 0 aliphatic heterocycles. The maximum absolute atomic E-state index is 11.9. The van der Waals surface area contributed by atoms with Gasteiger partial charge in [0, 0.05) is 6.54 Å². The summed E-state index contributed by atoms with van der Waals surface area (Å²) >= 11 is 0. The van der Waals surface area contributed by atoms with Crippen LogP contribution in [0.5, 0.6) is 11.5 Å². The second kappa shape index (κ2) is 9.41. The van der Waals surface area contributed by atoms with E-state index in [1.165, 1.54) is 0 Å². The van der Waals surface area contributed by atoms with Crippen molar-refractivity contribution in [2.24, 2.45) is 0 Å². The Labute approximate surface area is 146 Å². The third-order valence-electron chi connectivity index (χ3n) is 3.30. The van der Waals surface area contributed by atoms with Gasteiger partial charge in [-0.3, -0.25) is 0 Å². The topological polar surface area (TPSA) is 88.4 Å². The van der Waals surface area contributed by atoms with Crippen LogP contribution in [0.1, 0.15) is 31.7 Å². The van der Waals surface area contributed by atoms with E-state index in [2.05, 4.69) is 15.5 Å². The first-order valence-corrected chi connectivity index (χ1v) is 8.02. The van der Waals surface area contributed by atoms with Gasteiger partial charge in [0.15, 0.2) is 30.5 Å². The first-order chi connectivity index (χ1) is 12.2. The number of ether oxygens (including phenoxy) is 3. The number of tetrazole rings is 1. The molecule has 0 radical (unpaired) electrons. The molecule has 0 aliphatic rings. The molecule has 0 amide bonds. The third kappa shape index (κ3) is 5.30. The summed E-state index contributed by atoms with van der Waals surface area (Å²) in [7, 11) is 1.55. The Morgan fingerprint density at radius 3 is 2.88 bits per heavy atom. The number of methoxy groups -OCH3 is 1. The third-order valence-corrected chi connectivity index (χ3v) is 3.30. The number of hydrogen-bond donors (Lipinski definition) is 0. The molecule has 0 saturated heterocycles. The molecule has 0 fully saturated rings. The molecule has 0 unspecified atom stereocenters. The Balaban J connectivity index is 1.88. The molecule has 0 N–H and O–H groups in total. The van der Waals surface area contributed by atoms with Gasteiger partial charge < -0.3 is 14.2 Å². The predicted molar refractivity (Wildman–Crippen MR) is 91.1 cm³/mol. The molecule has 2 rings (SSSR count). The summed E-state index contributed by atoms with van der Waals surface area (Å²) in [6.45, 7) is 4.40. The summed E-state index contributed by atoms with van der Waals surface area (Å²) in [6, 6.07) is 5.46. The lowest BCUT2D eigenvalue weighted by Gasteiger charge is -2.11. The number of hydrogen-bond acceptors (Lipinski definition) is 7. The van der Waals surface area contributed by atoms with Crippen LogP contribution < -0.4 is 9.47 Å². The van der Waals surface area contributed by atoms with Gasteiger partial charge in [-0.25, -0.2) is 9.48 Å². The molecular formula is C17H22N4O4. The van der Waals surface area contributed by atoms with Gasteiger partial charge in [-0.15, -0.1) is 5.10 Å². The lowest BCUT2D eigenvalue weighted by molar-refractivity contribution is -0.147. The molecule has 0 bridgehead atoms. The number of aromatic nitrogens is 4. The Hall–Kier alpha value is -2.90. The number of allylic oxidation sites excluding steroid dienone is 1. The van der Waals surface area contributed by atoms with Crippen molar-refractivity contribution >= 4 is 12.0 Å². The minimum atomic E-state index is -0.509. The zero-order valence-corrected chi connectivity index (χ0v) is 14.6. The zero-order valence-electron chi connectivity index (χ0n) is 14.6. The Kier molecular flexibility index (Phi) is 6.94. The standard InChI is InChI=1S/C17H22N4O4/c1-4-6-13-7-8-14(15(10-13)23-3)24-12-17(22)25-11-16-18-19-20-21(16)9-5-2/h4,6-8,10H,5,9,11-12H2,1-3H3/b6-4+. The number of esters is 1. The molecule has 1 aromatic carbocycles. The van der Waals surface area contributed by atoms with Crippen molar-refractivity contribution in [1.82, 2.24) is 20.2 Å². The number of carbonyl (C=O) groups is 1. The summed E-state index contributed by atoms with van der Waals surface area (Å²) in [4.78, 5) is 11.9. The summed E-state index contributed by atoms with van der Waals surface area (Å²) in [6.07, 6.45) is 4.76. The van der Waals surface area contributed by atoms with E-state index >= 15 is 0 Å². The molecule has 0 saturated carbocycles. The first-order valence-electron chi connectivity index (χ1n) is 8.02. The number of aryl methyl sites for hydroxylation is 1. The lowest BCUT2D eigenvalue weighted by Crippen LogP contribution is -2.17. The summed E-state index contributed by atoms with van der Waals surface area (Å²) in [5.41, 5.74) is 0.983. The van der Waals surface area contributed by atoms with Gasteiger partial charge in [-0.05, 0) is 41.5 Å². The predicted octanol–water partition coefficient (Wildman–Crippen LogP) is 2.25. The van der Waals surface area contributed by atoms with E-state index in [4.69, 9.17) is 14.2 Å². The highest BCUT2D eigenvalue weighted by molar-refractivity contribution is 5.71. The number of carbonyl (C=O) groups excluding carboxylic acids is 1. The molecule has 8 nitrogen and oxygen atoms in total. The molecule has 2 aromatic rings. The second-order valence-corrected chi connectivity index (χ2v) is 5.18. The molecule has 134 valence electrons. The highest BCUT2D eigenvalue weighted by atomic mass is 16.6. The molecule has 0 spiro atoms. The Morgan fingerprint density at radius 2 is 2.16 bits per heavy atom. The molecule has 1 aromatic heterocycles. The lowest BCUT2D eigenvalue weighted by atomic mass is 10.2. The Morgan fingerprint density at radius 1 is 1.32 bits per heavy atom. The van der Waals surface area contributed by atoms with Crippen molar-refractivity contribution in [3.8, 4) is 11.5 Å². The first kappa shape index (κ1) is 18.4. The smallest absolute Gasteiger partial charge is 0.344 e.